The van der Waals surface area contributed by atoms with Gasteiger partial charge >= 0.3 is 0 Å². The maximum Gasteiger partial charge on any atom is 0.119 e. The molecule has 1 aromatic carbocycles. The van der Waals surface area contributed by atoms with Gasteiger partial charge in [-0.1, -0.05) is 20.8 Å². The molecule has 1 aliphatic rings. The van der Waals surface area contributed by atoms with Gasteiger partial charge in [0.1, 0.15) is 12.4 Å². The molecule has 0 amide bonds. The minimum atomic E-state index is 0.417. The van der Waals surface area contributed by atoms with Gasteiger partial charge in [-0.2, -0.15) is 0 Å². The summed E-state index contributed by atoms with van der Waals surface area (Å²) in [5.41, 5.74) is 7.11. The van der Waals surface area contributed by atoms with Gasteiger partial charge in [0.2, 0.25) is 0 Å². The standard InChI is InChI=1S/C15H24N2O/c1-15(2,3)12-10-17(11-12)13-4-6-14(7-5-13)18-9-8-16/h4-7,12H,8-11,16H2,1-3H3. The molecule has 3 nitrogen and oxygen atoms in total. The van der Waals surface area contributed by atoms with Gasteiger partial charge in [0.25, 0.3) is 0 Å². The van der Waals surface area contributed by atoms with Crippen molar-refractivity contribution in [3.05, 3.63) is 24.3 Å². The van der Waals surface area contributed by atoms with Crippen LogP contribution in [0.15, 0.2) is 24.3 Å². The molecule has 0 radical (unpaired) electrons. The maximum atomic E-state index is 5.47. The van der Waals surface area contributed by atoms with Crippen molar-refractivity contribution < 1.29 is 4.74 Å². The Morgan fingerprint density at radius 3 is 2.33 bits per heavy atom. The Labute approximate surface area is 110 Å². The smallest absolute Gasteiger partial charge is 0.119 e. The molecule has 3 heteroatoms. The van der Waals surface area contributed by atoms with Crippen molar-refractivity contribution in [1.29, 1.82) is 0 Å². The lowest BCUT2D eigenvalue weighted by molar-refractivity contribution is 0.195. The topological polar surface area (TPSA) is 38.5 Å². The molecular formula is C15H24N2O. The van der Waals surface area contributed by atoms with Crippen molar-refractivity contribution in [3.8, 4) is 5.75 Å². The van der Waals surface area contributed by atoms with E-state index in [0.29, 0.717) is 18.6 Å². The van der Waals surface area contributed by atoms with Crippen LogP contribution in [0, 0.1) is 11.3 Å². The Morgan fingerprint density at radius 1 is 1.22 bits per heavy atom. The lowest BCUT2D eigenvalue weighted by Crippen LogP contribution is -2.52. The van der Waals surface area contributed by atoms with E-state index in [2.05, 4.69) is 37.8 Å². The van der Waals surface area contributed by atoms with Crippen molar-refractivity contribution in [3.63, 3.8) is 0 Å². The first-order chi connectivity index (χ1) is 8.50. The second kappa shape index (κ2) is 5.19. The SMILES string of the molecule is CC(C)(C)C1CN(c2ccc(OCCN)cc2)C1. The number of benzene rings is 1. The normalized spacial score (nSPS) is 16.6. The van der Waals surface area contributed by atoms with Gasteiger partial charge < -0.3 is 15.4 Å². The number of ether oxygens (including phenoxy) is 1. The Kier molecular flexibility index (Phi) is 3.81. The molecule has 18 heavy (non-hydrogen) atoms. The fraction of sp³-hybridized carbons (Fsp3) is 0.600. The summed E-state index contributed by atoms with van der Waals surface area (Å²) in [6.07, 6.45) is 0. The summed E-state index contributed by atoms with van der Waals surface area (Å²) in [5, 5.41) is 0. The first-order valence-corrected chi connectivity index (χ1v) is 6.68. The maximum absolute atomic E-state index is 5.47. The number of nitrogens with zero attached hydrogens (tertiary/aromatic N) is 1. The zero-order chi connectivity index (χ0) is 13.2. The van der Waals surface area contributed by atoms with Crippen molar-refractivity contribution in [1.82, 2.24) is 0 Å². The van der Waals surface area contributed by atoms with E-state index in [9.17, 15) is 0 Å². The lowest BCUT2D eigenvalue weighted by Gasteiger charge is -2.47. The lowest BCUT2D eigenvalue weighted by atomic mass is 9.76. The molecule has 1 saturated heterocycles. The summed E-state index contributed by atoms with van der Waals surface area (Å²) >= 11 is 0. The molecule has 2 N–H and O–H groups in total. The average molecular weight is 248 g/mol. The highest BCUT2D eigenvalue weighted by Crippen LogP contribution is 2.36. The van der Waals surface area contributed by atoms with E-state index in [1.54, 1.807) is 0 Å². The quantitative estimate of drug-likeness (QED) is 0.889. The van der Waals surface area contributed by atoms with Crippen LogP contribution in [0.25, 0.3) is 0 Å². The molecule has 1 fully saturated rings. The molecule has 1 aliphatic heterocycles. The van der Waals surface area contributed by atoms with E-state index in [1.165, 1.54) is 5.69 Å². The number of hydrogen-bond donors (Lipinski definition) is 1. The second-order valence-corrected chi connectivity index (χ2v) is 6.10. The van der Waals surface area contributed by atoms with Gasteiger partial charge in [0, 0.05) is 25.3 Å². The molecule has 0 unspecified atom stereocenters. The van der Waals surface area contributed by atoms with Crippen LogP contribution in [-0.2, 0) is 0 Å². The van der Waals surface area contributed by atoms with Gasteiger partial charge in [0.15, 0.2) is 0 Å². The molecule has 0 saturated carbocycles. The summed E-state index contributed by atoms with van der Waals surface area (Å²) in [6, 6.07) is 8.31. The fourth-order valence-corrected chi connectivity index (χ4v) is 2.17. The van der Waals surface area contributed by atoms with Gasteiger partial charge in [-0.05, 0) is 35.6 Å². The molecule has 0 spiro atoms. The van der Waals surface area contributed by atoms with Crippen LogP contribution < -0.4 is 15.4 Å². The third-order valence-corrected chi connectivity index (χ3v) is 3.69. The van der Waals surface area contributed by atoms with E-state index in [-0.39, 0.29) is 0 Å². The van der Waals surface area contributed by atoms with Crippen molar-refractivity contribution in [2.24, 2.45) is 17.1 Å². The highest BCUT2D eigenvalue weighted by Gasteiger charge is 2.35. The highest BCUT2D eigenvalue weighted by atomic mass is 16.5. The van der Waals surface area contributed by atoms with Gasteiger partial charge in [-0.15, -0.1) is 0 Å². The third kappa shape index (κ3) is 2.96. The molecule has 1 heterocycles. The van der Waals surface area contributed by atoms with Crippen molar-refractivity contribution in [2.45, 2.75) is 20.8 Å². The van der Waals surface area contributed by atoms with Gasteiger partial charge in [0.05, 0.1) is 0 Å². The minimum absolute atomic E-state index is 0.417. The van der Waals surface area contributed by atoms with E-state index in [4.69, 9.17) is 10.5 Å². The van der Waals surface area contributed by atoms with Crippen LogP contribution in [0.4, 0.5) is 5.69 Å². The largest absolute Gasteiger partial charge is 0.492 e. The Morgan fingerprint density at radius 2 is 1.83 bits per heavy atom. The molecule has 0 atom stereocenters. The van der Waals surface area contributed by atoms with E-state index in [1.807, 2.05) is 12.1 Å². The zero-order valence-corrected chi connectivity index (χ0v) is 11.6. The number of rotatable bonds is 4. The number of hydrogen-bond acceptors (Lipinski definition) is 3. The predicted molar refractivity (Wildman–Crippen MR) is 76.1 cm³/mol. The fourth-order valence-electron chi connectivity index (χ4n) is 2.17. The van der Waals surface area contributed by atoms with Gasteiger partial charge in [-0.25, -0.2) is 0 Å². The summed E-state index contributed by atoms with van der Waals surface area (Å²) in [4.78, 5) is 2.42. The minimum Gasteiger partial charge on any atom is -0.492 e. The average Bonchev–Trinajstić information content (AvgIpc) is 2.24. The Balaban J connectivity index is 1.88. The summed E-state index contributed by atoms with van der Waals surface area (Å²) in [7, 11) is 0. The van der Waals surface area contributed by atoms with E-state index in [0.717, 1.165) is 24.8 Å². The summed E-state index contributed by atoms with van der Waals surface area (Å²) < 4.78 is 5.47. The third-order valence-electron chi connectivity index (χ3n) is 3.69. The van der Waals surface area contributed by atoms with Crippen LogP contribution in [0.3, 0.4) is 0 Å². The molecule has 100 valence electrons. The van der Waals surface area contributed by atoms with Gasteiger partial charge in [-0.3, -0.25) is 0 Å². The number of anilines is 1. The second-order valence-electron chi connectivity index (χ2n) is 6.10. The molecule has 0 aliphatic carbocycles. The van der Waals surface area contributed by atoms with Crippen molar-refractivity contribution in [2.75, 3.05) is 31.1 Å². The molecule has 0 bridgehead atoms. The predicted octanol–water partition coefficient (Wildman–Crippen LogP) is 2.51. The van der Waals surface area contributed by atoms with E-state index < -0.39 is 0 Å². The first-order valence-electron chi connectivity index (χ1n) is 6.68. The van der Waals surface area contributed by atoms with Crippen LogP contribution in [0.1, 0.15) is 20.8 Å². The zero-order valence-electron chi connectivity index (χ0n) is 11.6. The monoisotopic (exact) mass is 248 g/mol. The Hall–Kier alpha value is -1.22. The van der Waals surface area contributed by atoms with Crippen molar-refractivity contribution >= 4 is 5.69 Å². The molecule has 2 rings (SSSR count). The van der Waals surface area contributed by atoms with Crippen LogP contribution in [0.5, 0.6) is 5.75 Å². The molecular weight excluding hydrogens is 224 g/mol. The summed E-state index contributed by atoms with van der Waals surface area (Å²) in [6.45, 7) is 10.4. The first kappa shape index (κ1) is 13.2. The van der Waals surface area contributed by atoms with Crippen LogP contribution in [-0.4, -0.2) is 26.2 Å². The van der Waals surface area contributed by atoms with E-state index >= 15 is 0 Å². The number of nitrogens with two attached hydrogens (primary N) is 1. The molecule has 1 aromatic rings. The summed E-state index contributed by atoms with van der Waals surface area (Å²) in [5.74, 6) is 1.70. The Bertz CT molecular complexity index is 374. The van der Waals surface area contributed by atoms with Crippen LogP contribution >= 0.6 is 0 Å². The molecule has 0 aromatic heterocycles. The van der Waals surface area contributed by atoms with Crippen LogP contribution in [0.2, 0.25) is 0 Å². The highest BCUT2D eigenvalue weighted by molar-refractivity contribution is 5.51.